The zero-order chi connectivity index (χ0) is 20.8. The van der Waals surface area contributed by atoms with E-state index in [1.807, 2.05) is 47.0 Å². The summed E-state index contributed by atoms with van der Waals surface area (Å²) < 4.78 is 2.00. The van der Waals surface area contributed by atoms with Crippen LogP contribution >= 0.6 is 23.4 Å². The molecule has 4 aromatic rings. The number of hydrogen-bond donors (Lipinski definition) is 1. The van der Waals surface area contributed by atoms with Gasteiger partial charge in [-0.15, -0.1) is 10.2 Å². The number of amides is 1. The van der Waals surface area contributed by atoms with Crippen LogP contribution in [0.1, 0.15) is 5.56 Å². The lowest BCUT2D eigenvalue weighted by atomic mass is 10.2. The van der Waals surface area contributed by atoms with E-state index in [0.717, 1.165) is 11.1 Å². The number of anilines is 1. The second-order valence-corrected chi connectivity index (χ2v) is 7.85. The van der Waals surface area contributed by atoms with E-state index in [2.05, 4.69) is 20.5 Å². The van der Waals surface area contributed by atoms with Crippen LogP contribution in [0.3, 0.4) is 0 Å². The Balaban J connectivity index is 1.53. The fraction of sp³-hybridized carbons (Fsp3) is 0.0909. The number of benzene rings is 2. The van der Waals surface area contributed by atoms with Gasteiger partial charge in [0.1, 0.15) is 0 Å². The summed E-state index contributed by atoms with van der Waals surface area (Å²) in [5.41, 5.74) is 2.65. The molecule has 150 valence electrons. The predicted octanol–water partition coefficient (Wildman–Crippen LogP) is 4.77. The number of hydrogen-bond acceptors (Lipinski definition) is 5. The van der Waals surface area contributed by atoms with Crippen LogP contribution < -0.4 is 5.32 Å². The molecule has 0 aliphatic carbocycles. The molecule has 4 rings (SSSR count). The maximum atomic E-state index is 12.4. The summed E-state index contributed by atoms with van der Waals surface area (Å²) in [4.78, 5) is 16.6. The highest BCUT2D eigenvalue weighted by Crippen LogP contribution is 2.25. The van der Waals surface area contributed by atoms with Gasteiger partial charge >= 0.3 is 0 Å². The zero-order valence-corrected chi connectivity index (χ0v) is 17.5. The summed E-state index contributed by atoms with van der Waals surface area (Å²) in [5, 5.41) is 12.8. The van der Waals surface area contributed by atoms with Crippen molar-refractivity contribution < 1.29 is 4.79 Å². The monoisotopic (exact) mass is 435 g/mol. The van der Waals surface area contributed by atoms with Gasteiger partial charge in [-0.3, -0.25) is 14.3 Å². The molecule has 2 aromatic heterocycles. The average Bonchev–Trinajstić information content (AvgIpc) is 3.16. The smallest absolute Gasteiger partial charge is 0.234 e. The molecule has 0 saturated carbocycles. The van der Waals surface area contributed by atoms with Gasteiger partial charge in [-0.25, -0.2) is 0 Å². The van der Waals surface area contributed by atoms with E-state index >= 15 is 0 Å². The van der Waals surface area contributed by atoms with E-state index in [4.69, 9.17) is 11.6 Å². The highest BCUT2D eigenvalue weighted by molar-refractivity contribution is 7.99. The molecule has 0 radical (unpaired) electrons. The number of carbonyl (C=O) groups excluding carboxylic acids is 1. The molecule has 0 spiro atoms. The Morgan fingerprint density at radius 3 is 2.67 bits per heavy atom. The van der Waals surface area contributed by atoms with E-state index in [1.54, 1.807) is 36.7 Å². The first-order valence-corrected chi connectivity index (χ1v) is 10.6. The summed E-state index contributed by atoms with van der Waals surface area (Å²) in [5.74, 6) is 0.774. The van der Waals surface area contributed by atoms with Crippen LogP contribution in [0.25, 0.3) is 11.4 Å². The van der Waals surface area contributed by atoms with E-state index < -0.39 is 0 Å². The average molecular weight is 436 g/mol. The molecular weight excluding hydrogens is 418 g/mol. The topological polar surface area (TPSA) is 72.7 Å². The van der Waals surface area contributed by atoms with Crippen LogP contribution in [-0.2, 0) is 11.3 Å². The summed E-state index contributed by atoms with van der Waals surface area (Å²) in [6, 6.07) is 20.9. The van der Waals surface area contributed by atoms with Crippen LogP contribution in [-0.4, -0.2) is 31.4 Å². The summed E-state index contributed by atoms with van der Waals surface area (Å²) in [7, 11) is 0. The zero-order valence-electron chi connectivity index (χ0n) is 15.9. The van der Waals surface area contributed by atoms with Gasteiger partial charge in [0.25, 0.3) is 0 Å². The molecule has 8 heteroatoms. The molecule has 0 aliphatic rings. The largest absolute Gasteiger partial charge is 0.325 e. The molecule has 0 saturated heterocycles. The Hall–Kier alpha value is -3.16. The second-order valence-electron chi connectivity index (χ2n) is 6.47. The molecule has 0 aliphatic heterocycles. The Morgan fingerprint density at radius 2 is 1.90 bits per heavy atom. The van der Waals surface area contributed by atoms with Crippen molar-refractivity contribution in [3.63, 3.8) is 0 Å². The number of nitrogens with zero attached hydrogens (tertiary/aromatic N) is 4. The molecule has 6 nitrogen and oxygen atoms in total. The van der Waals surface area contributed by atoms with Gasteiger partial charge in [0.15, 0.2) is 11.0 Å². The van der Waals surface area contributed by atoms with Crippen molar-refractivity contribution in [2.75, 3.05) is 11.1 Å². The Bertz CT molecular complexity index is 1130. The number of aromatic nitrogens is 4. The van der Waals surface area contributed by atoms with Crippen molar-refractivity contribution in [1.82, 2.24) is 19.7 Å². The second kappa shape index (κ2) is 9.56. The SMILES string of the molecule is O=C(CSc1nnc(-c2cccnc2)n1Cc1ccccc1)Nc1cccc(Cl)c1. The van der Waals surface area contributed by atoms with E-state index in [0.29, 0.717) is 28.2 Å². The van der Waals surface area contributed by atoms with Crippen molar-refractivity contribution in [3.8, 4) is 11.4 Å². The van der Waals surface area contributed by atoms with Gasteiger partial charge in [0.05, 0.1) is 12.3 Å². The van der Waals surface area contributed by atoms with Gasteiger partial charge in [-0.05, 0) is 35.9 Å². The molecule has 0 unspecified atom stereocenters. The molecule has 30 heavy (non-hydrogen) atoms. The lowest BCUT2D eigenvalue weighted by molar-refractivity contribution is -0.113. The van der Waals surface area contributed by atoms with Gasteiger partial charge < -0.3 is 5.32 Å². The molecule has 1 amide bonds. The minimum atomic E-state index is -0.139. The van der Waals surface area contributed by atoms with Crippen LogP contribution in [0.4, 0.5) is 5.69 Å². The molecular formula is C22H18ClN5OS. The van der Waals surface area contributed by atoms with Crippen molar-refractivity contribution in [2.45, 2.75) is 11.7 Å². The van der Waals surface area contributed by atoms with E-state index in [1.165, 1.54) is 11.8 Å². The maximum absolute atomic E-state index is 12.4. The Labute approximate surface area is 183 Å². The highest BCUT2D eigenvalue weighted by atomic mass is 35.5. The number of nitrogens with one attached hydrogen (secondary N) is 1. The quantitative estimate of drug-likeness (QED) is 0.423. The van der Waals surface area contributed by atoms with Gasteiger partial charge in [0.2, 0.25) is 5.91 Å². The number of rotatable bonds is 7. The number of halogens is 1. The Morgan fingerprint density at radius 1 is 1.03 bits per heavy atom. The fourth-order valence-corrected chi connectivity index (χ4v) is 3.83. The third-order valence-corrected chi connectivity index (χ3v) is 5.46. The minimum Gasteiger partial charge on any atom is -0.325 e. The molecule has 0 bridgehead atoms. The molecule has 1 N–H and O–H groups in total. The first kappa shape index (κ1) is 20.1. The fourth-order valence-electron chi connectivity index (χ4n) is 2.91. The van der Waals surface area contributed by atoms with Crippen LogP contribution in [0.15, 0.2) is 84.3 Å². The van der Waals surface area contributed by atoms with Gasteiger partial charge in [-0.1, -0.05) is 59.8 Å². The van der Waals surface area contributed by atoms with E-state index in [9.17, 15) is 4.79 Å². The number of thioether (sulfide) groups is 1. The van der Waals surface area contributed by atoms with Crippen LogP contribution in [0, 0.1) is 0 Å². The molecule has 0 atom stereocenters. The lowest BCUT2D eigenvalue weighted by Gasteiger charge is -2.10. The molecule has 0 fully saturated rings. The summed E-state index contributed by atoms with van der Waals surface area (Å²) >= 11 is 7.31. The van der Waals surface area contributed by atoms with Crippen LogP contribution in [0.5, 0.6) is 0 Å². The summed E-state index contributed by atoms with van der Waals surface area (Å²) in [6.07, 6.45) is 3.48. The number of carbonyl (C=O) groups is 1. The van der Waals surface area contributed by atoms with E-state index in [-0.39, 0.29) is 11.7 Å². The maximum Gasteiger partial charge on any atom is 0.234 e. The number of pyridine rings is 1. The summed E-state index contributed by atoms with van der Waals surface area (Å²) in [6.45, 7) is 0.594. The van der Waals surface area contributed by atoms with Crippen molar-refractivity contribution >= 4 is 35.0 Å². The normalized spacial score (nSPS) is 10.7. The molecule has 2 heterocycles. The van der Waals surface area contributed by atoms with Gasteiger partial charge in [0, 0.05) is 28.7 Å². The Kier molecular flexibility index (Phi) is 6.41. The minimum absolute atomic E-state index is 0.139. The third kappa shape index (κ3) is 5.06. The first-order chi connectivity index (χ1) is 14.7. The third-order valence-electron chi connectivity index (χ3n) is 4.26. The lowest BCUT2D eigenvalue weighted by Crippen LogP contribution is -2.14. The van der Waals surface area contributed by atoms with Crippen molar-refractivity contribution in [3.05, 3.63) is 89.7 Å². The highest BCUT2D eigenvalue weighted by Gasteiger charge is 2.16. The standard InChI is InChI=1S/C22H18ClN5OS/c23-18-9-4-10-19(12-18)25-20(29)15-30-22-27-26-21(17-8-5-11-24-13-17)28(22)14-16-6-2-1-3-7-16/h1-13H,14-15H2,(H,25,29). The van der Waals surface area contributed by atoms with Gasteiger partial charge in [-0.2, -0.15) is 0 Å². The van der Waals surface area contributed by atoms with Crippen molar-refractivity contribution in [1.29, 1.82) is 0 Å². The predicted molar refractivity (Wildman–Crippen MR) is 120 cm³/mol. The van der Waals surface area contributed by atoms with Crippen LogP contribution in [0.2, 0.25) is 5.02 Å². The molecule has 2 aromatic carbocycles. The van der Waals surface area contributed by atoms with Crippen molar-refractivity contribution in [2.24, 2.45) is 0 Å². The first-order valence-electron chi connectivity index (χ1n) is 9.25.